The standard InChI is InChI=1S/C25H49NO3/c1-4-5-6-7-8-9-10-11-12-13-14-15-16-17-18-21-25(28)26-23(2)20-19-22-29-24(3)27/h23H,4-22H2,1-3H3,(H,26,28). The molecular weight excluding hydrogens is 362 g/mol. The summed E-state index contributed by atoms with van der Waals surface area (Å²) < 4.78 is 4.91. The lowest BCUT2D eigenvalue weighted by atomic mass is 10.0. The monoisotopic (exact) mass is 411 g/mol. The highest BCUT2D eigenvalue weighted by Gasteiger charge is 2.07. The normalized spacial score (nSPS) is 12.0. The Morgan fingerprint density at radius 1 is 0.724 bits per heavy atom. The molecule has 0 heterocycles. The van der Waals surface area contributed by atoms with Gasteiger partial charge in [0.05, 0.1) is 6.61 Å². The van der Waals surface area contributed by atoms with Crippen molar-refractivity contribution in [2.75, 3.05) is 6.61 Å². The Morgan fingerprint density at radius 2 is 1.17 bits per heavy atom. The van der Waals surface area contributed by atoms with Crippen LogP contribution in [0.1, 0.15) is 136 Å². The van der Waals surface area contributed by atoms with Crippen molar-refractivity contribution in [2.45, 2.75) is 142 Å². The van der Waals surface area contributed by atoms with Gasteiger partial charge in [0.25, 0.3) is 0 Å². The van der Waals surface area contributed by atoms with E-state index >= 15 is 0 Å². The molecule has 0 rings (SSSR count). The molecule has 0 saturated carbocycles. The largest absolute Gasteiger partial charge is 0.466 e. The molecule has 0 aliphatic carbocycles. The summed E-state index contributed by atoms with van der Waals surface area (Å²) in [6.07, 6.45) is 22.4. The van der Waals surface area contributed by atoms with E-state index in [1.807, 2.05) is 6.92 Å². The number of nitrogens with one attached hydrogen (secondary N) is 1. The molecule has 1 N–H and O–H groups in total. The molecule has 4 heteroatoms. The maximum atomic E-state index is 11.9. The molecule has 1 unspecified atom stereocenters. The topological polar surface area (TPSA) is 55.4 Å². The average molecular weight is 412 g/mol. The summed E-state index contributed by atoms with van der Waals surface area (Å²) in [6, 6.07) is 0.148. The summed E-state index contributed by atoms with van der Waals surface area (Å²) in [6.45, 7) is 6.15. The molecule has 4 nitrogen and oxygen atoms in total. The first-order valence-electron chi connectivity index (χ1n) is 12.5. The molecule has 0 aliphatic heterocycles. The predicted octanol–water partition coefficient (Wildman–Crippen LogP) is 7.10. The molecule has 1 amide bonds. The summed E-state index contributed by atoms with van der Waals surface area (Å²) in [5.74, 6) is -0.0884. The lowest BCUT2D eigenvalue weighted by Gasteiger charge is -2.13. The Morgan fingerprint density at radius 3 is 1.62 bits per heavy atom. The van der Waals surface area contributed by atoms with Gasteiger partial charge in [-0.1, -0.05) is 96.8 Å². The molecule has 0 spiro atoms. The Kier molecular flexibility index (Phi) is 20.9. The zero-order chi connectivity index (χ0) is 21.6. The van der Waals surface area contributed by atoms with Crippen LogP contribution in [0.25, 0.3) is 0 Å². The highest BCUT2D eigenvalue weighted by atomic mass is 16.5. The number of unbranched alkanes of at least 4 members (excludes halogenated alkanes) is 14. The van der Waals surface area contributed by atoms with Crippen LogP contribution < -0.4 is 5.32 Å². The van der Waals surface area contributed by atoms with Gasteiger partial charge in [-0.25, -0.2) is 0 Å². The van der Waals surface area contributed by atoms with Gasteiger partial charge >= 0.3 is 5.97 Å². The fraction of sp³-hybridized carbons (Fsp3) is 0.920. The third-order valence-corrected chi connectivity index (χ3v) is 5.50. The van der Waals surface area contributed by atoms with E-state index in [2.05, 4.69) is 12.2 Å². The van der Waals surface area contributed by atoms with Crippen LogP contribution in [0.5, 0.6) is 0 Å². The van der Waals surface area contributed by atoms with Crippen LogP contribution in [0.3, 0.4) is 0 Å². The SMILES string of the molecule is CCCCCCCCCCCCCCCCCC(=O)NC(C)CCCOC(C)=O. The van der Waals surface area contributed by atoms with Crippen LogP contribution in [0.15, 0.2) is 0 Å². The molecule has 29 heavy (non-hydrogen) atoms. The number of rotatable bonds is 21. The number of carbonyl (C=O) groups excluding carboxylic acids is 2. The Labute approximate surface area is 180 Å². The second-order valence-corrected chi connectivity index (χ2v) is 8.65. The molecule has 0 radical (unpaired) electrons. The fourth-order valence-corrected chi connectivity index (χ4v) is 3.68. The number of ether oxygens (including phenoxy) is 1. The van der Waals surface area contributed by atoms with Gasteiger partial charge in [0.15, 0.2) is 0 Å². The van der Waals surface area contributed by atoms with Gasteiger partial charge in [-0.05, 0) is 26.2 Å². The van der Waals surface area contributed by atoms with Gasteiger partial charge in [-0.3, -0.25) is 9.59 Å². The maximum absolute atomic E-state index is 11.9. The second kappa shape index (κ2) is 21.6. The van der Waals surface area contributed by atoms with Crippen molar-refractivity contribution in [3.63, 3.8) is 0 Å². The number of hydrogen-bond donors (Lipinski definition) is 1. The van der Waals surface area contributed by atoms with Crippen molar-refractivity contribution in [3.8, 4) is 0 Å². The lowest BCUT2D eigenvalue weighted by Crippen LogP contribution is -2.32. The van der Waals surface area contributed by atoms with Crippen molar-refractivity contribution in [1.29, 1.82) is 0 Å². The van der Waals surface area contributed by atoms with Crippen molar-refractivity contribution < 1.29 is 14.3 Å². The number of carbonyl (C=O) groups is 2. The van der Waals surface area contributed by atoms with Crippen LogP contribution in [-0.2, 0) is 14.3 Å². The number of hydrogen-bond acceptors (Lipinski definition) is 3. The van der Waals surface area contributed by atoms with Gasteiger partial charge in [-0.2, -0.15) is 0 Å². The highest BCUT2D eigenvalue weighted by Crippen LogP contribution is 2.13. The van der Waals surface area contributed by atoms with Gasteiger partial charge < -0.3 is 10.1 Å². The van der Waals surface area contributed by atoms with E-state index < -0.39 is 0 Å². The van der Waals surface area contributed by atoms with Crippen LogP contribution in [0.2, 0.25) is 0 Å². The van der Waals surface area contributed by atoms with E-state index in [4.69, 9.17) is 4.74 Å². The number of amides is 1. The van der Waals surface area contributed by atoms with E-state index in [9.17, 15) is 9.59 Å². The maximum Gasteiger partial charge on any atom is 0.302 e. The third-order valence-electron chi connectivity index (χ3n) is 5.50. The van der Waals surface area contributed by atoms with Crippen molar-refractivity contribution in [2.24, 2.45) is 0 Å². The predicted molar refractivity (Wildman–Crippen MR) is 123 cm³/mol. The zero-order valence-electron chi connectivity index (χ0n) is 19.7. The highest BCUT2D eigenvalue weighted by molar-refractivity contribution is 5.76. The number of esters is 1. The molecule has 0 aromatic heterocycles. The Bertz CT molecular complexity index is 384. The molecule has 172 valence electrons. The quantitative estimate of drug-likeness (QED) is 0.162. The summed E-state index contributed by atoms with van der Waals surface area (Å²) in [7, 11) is 0. The van der Waals surface area contributed by atoms with Crippen molar-refractivity contribution in [1.82, 2.24) is 5.32 Å². The van der Waals surface area contributed by atoms with Crippen molar-refractivity contribution >= 4 is 11.9 Å². The van der Waals surface area contributed by atoms with Gasteiger partial charge in [0, 0.05) is 19.4 Å². The molecule has 0 bridgehead atoms. The lowest BCUT2D eigenvalue weighted by molar-refractivity contribution is -0.141. The summed E-state index contributed by atoms with van der Waals surface area (Å²) in [4.78, 5) is 22.6. The van der Waals surface area contributed by atoms with E-state index in [0.29, 0.717) is 13.0 Å². The minimum absolute atomic E-state index is 0.148. The average Bonchev–Trinajstić information content (AvgIpc) is 2.68. The first-order chi connectivity index (χ1) is 14.1. The smallest absolute Gasteiger partial charge is 0.302 e. The van der Waals surface area contributed by atoms with Crippen LogP contribution in [0, 0.1) is 0 Å². The van der Waals surface area contributed by atoms with Gasteiger partial charge in [0.2, 0.25) is 5.91 Å². The van der Waals surface area contributed by atoms with Crippen LogP contribution in [-0.4, -0.2) is 24.5 Å². The first-order valence-corrected chi connectivity index (χ1v) is 12.5. The molecule has 0 aliphatic rings. The molecule has 1 atom stereocenters. The van der Waals surface area contributed by atoms with E-state index in [1.54, 1.807) is 0 Å². The van der Waals surface area contributed by atoms with E-state index in [1.165, 1.54) is 90.4 Å². The van der Waals surface area contributed by atoms with Gasteiger partial charge in [0.1, 0.15) is 0 Å². The van der Waals surface area contributed by atoms with Crippen LogP contribution in [0.4, 0.5) is 0 Å². The Hall–Kier alpha value is -1.06. The van der Waals surface area contributed by atoms with Gasteiger partial charge in [-0.15, -0.1) is 0 Å². The van der Waals surface area contributed by atoms with Crippen LogP contribution >= 0.6 is 0 Å². The molecule has 0 fully saturated rings. The molecule has 0 aromatic rings. The zero-order valence-corrected chi connectivity index (χ0v) is 19.7. The minimum atomic E-state index is -0.241. The second-order valence-electron chi connectivity index (χ2n) is 8.65. The minimum Gasteiger partial charge on any atom is -0.466 e. The third kappa shape index (κ3) is 23.1. The molecular formula is C25H49NO3. The summed E-state index contributed by atoms with van der Waals surface area (Å²) >= 11 is 0. The summed E-state index contributed by atoms with van der Waals surface area (Å²) in [5.41, 5.74) is 0. The summed E-state index contributed by atoms with van der Waals surface area (Å²) in [5, 5.41) is 3.04. The van der Waals surface area contributed by atoms with Crippen molar-refractivity contribution in [3.05, 3.63) is 0 Å². The van der Waals surface area contributed by atoms with E-state index in [0.717, 1.165) is 25.7 Å². The Balaban J connectivity index is 3.27. The molecule has 0 saturated heterocycles. The molecule has 0 aromatic carbocycles. The fourth-order valence-electron chi connectivity index (χ4n) is 3.68. The first kappa shape index (κ1) is 27.9. The van der Waals surface area contributed by atoms with E-state index in [-0.39, 0.29) is 17.9 Å².